The summed E-state index contributed by atoms with van der Waals surface area (Å²) >= 11 is 0. The van der Waals surface area contributed by atoms with E-state index in [-0.39, 0.29) is 18.3 Å². The second-order valence-corrected chi connectivity index (χ2v) is 13.3. The molecule has 10 nitrogen and oxygen atoms in total. The van der Waals surface area contributed by atoms with Crippen molar-refractivity contribution in [3.63, 3.8) is 0 Å². The Bertz CT molecular complexity index is 985. The van der Waals surface area contributed by atoms with Gasteiger partial charge in [-0.15, -0.1) is 0 Å². The number of aliphatic hydroxyl groups is 2. The molecule has 1 aliphatic rings. The molecular weight excluding hydrogens is 560 g/mol. The molecule has 250 valence electrons. The smallest absolute Gasteiger partial charge is 0.410 e. The van der Waals surface area contributed by atoms with Crippen molar-refractivity contribution in [1.82, 2.24) is 20.9 Å². The monoisotopic (exact) mass is 618 g/mol. The maximum absolute atomic E-state index is 13.8. The Morgan fingerprint density at radius 1 is 0.932 bits per heavy atom. The predicted octanol–water partition coefficient (Wildman–Crippen LogP) is 3.64. The van der Waals surface area contributed by atoms with Gasteiger partial charge in [0.2, 0.25) is 5.91 Å². The number of carbonyl (C=O) groups is 3. The summed E-state index contributed by atoms with van der Waals surface area (Å²) in [5.41, 5.74) is 0.818. The van der Waals surface area contributed by atoms with E-state index in [0.717, 1.165) is 31.2 Å². The first-order chi connectivity index (χ1) is 20.9. The summed E-state index contributed by atoms with van der Waals surface area (Å²) in [5.74, 6) is -0.376. The largest absolute Gasteiger partial charge is 0.436 e. The molecule has 0 aliphatic heterocycles. The number of likely N-dealkylation sites (N-methyl/N-ethyl adjacent to an activating group) is 2. The number of hydrogen-bond acceptors (Lipinski definition) is 7. The predicted molar refractivity (Wildman–Crippen MR) is 173 cm³/mol. The molecule has 0 radical (unpaired) electrons. The van der Waals surface area contributed by atoms with Crippen LogP contribution in [0.2, 0.25) is 0 Å². The molecule has 0 aromatic heterocycles. The molecule has 5 N–H and O–H groups in total. The summed E-state index contributed by atoms with van der Waals surface area (Å²) in [7, 11) is 3.39. The SMILES string of the molecule is CNCCN(C)C(=O)O[C@@H](Cc1ccccc1)C(=O)N[C@@H](CC(C)C)C(=O)N[C@@H](CC1CCCCC1)[C@@H](O)[C@@H](O)CC(C)C. The number of aliphatic hydroxyl groups excluding tert-OH is 2. The third-order valence-electron chi connectivity index (χ3n) is 8.31. The minimum Gasteiger partial charge on any atom is -0.436 e. The van der Waals surface area contributed by atoms with Gasteiger partial charge in [0, 0.05) is 26.6 Å². The van der Waals surface area contributed by atoms with Crippen LogP contribution >= 0.6 is 0 Å². The molecule has 1 saturated carbocycles. The zero-order valence-corrected chi connectivity index (χ0v) is 27.8. The Morgan fingerprint density at radius 2 is 1.57 bits per heavy atom. The van der Waals surface area contributed by atoms with Crippen molar-refractivity contribution in [2.24, 2.45) is 17.8 Å². The zero-order chi connectivity index (χ0) is 32.6. The number of hydrogen-bond donors (Lipinski definition) is 5. The lowest BCUT2D eigenvalue weighted by Gasteiger charge is -2.34. The average Bonchev–Trinajstić information content (AvgIpc) is 2.98. The van der Waals surface area contributed by atoms with Crippen molar-refractivity contribution < 1.29 is 29.3 Å². The fraction of sp³-hybridized carbons (Fsp3) is 0.735. The molecule has 2 rings (SSSR count). The highest BCUT2D eigenvalue weighted by Gasteiger charge is 2.35. The molecule has 1 aromatic rings. The number of carbonyl (C=O) groups excluding carboxylic acids is 3. The van der Waals surface area contributed by atoms with Gasteiger partial charge >= 0.3 is 6.09 Å². The fourth-order valence-corrected chi connectivity index (χ4v) is 5.81. The van der Waals surface area contributed by atoms with E-state index in [0.29, 0.717) is 38.3 Å². The van der Waals surface area contributed by atoms with Crippen LogP contribution in [0.15, 0.2) is 30.3 Å². The van der Waals surface area contributed by atoms with E-state index in [2.05, 4.69) is 16.0 Å². The van der Waals surface area contributed by atoms with Gasteiger partial charge in [0.15, 0.2) is 6.10 Å². The van der Waals surface area contributed by atoms with Gasteiger partial charge in [-0.3, -0.25) is 9.59 Å². The fourth-order valence-electron chi connectivity index (χ4n) is 5.81. The van der Waals surface area contributed by atoms with E-state index < -0.39 is 48.3 Å². The molecular formula is C34H58N4O6. The van der Waals surface area contributed by atoms with Gasteiger partial charge in [-0.2, -0.15) is 0 Å². The third kappa shape index (κ3) is 13.5. The number of nitrogens with one attached hydrogen (secondary N) is 3. The van der Waals surface area contributed by atoms with Crippen LogP contribution in [0.5, 0.6) is 0 Å². The Balaban J connectivity index is 2.25. The van der Waals surface area contributed by atoms with Crippen LogP contribution in [0, 0.1) is 17.8 Å². The first kappa shape index (κ1) is 37.5. The lowest BCUT2D eigenvalue weighted by atomic mass is 9.82. The first-order valence-corrected chi connectivity index (χ1v) is 16.5. The van der Waals surface area contributed by atoms with Gasteiger partial charge in [-0.05, 0) is 49.6 Å². The summed E-state index contributed by atoms with van der Waals surface area (Å²) in [6, 6.07) is 7.73. The molecule has 1 fully saturated rings. The summed E-state index contributed by atoms with van der Waals surface area (Å²) in [6.07, 6.45) is 3.09. The van der Waals surface area contributed by atoms with Crippen molar-refractivity contribution >= 4 is 17.9 Å². The highest BCUT2D eigenvalue weighted by atomic mass is 16.6. The zero-order valence-electron chi connectivity index (χ0n) is 27.8. The minimum absolute atomic E-state index is 0.0714. The van der Waals surface area contributed by atoms with Crippen molar-refractivity contribution in [3.8, 4) is 0 Å². The second-order valence-electron chi connectivity index (χ2n) is 13.3. The van der Waals surface area contributed by atoms with Crippen LogP contribution in [0.3, 0.4) is 0 Å². The Morgan fingerprint density at radius 3 is 2.16 bits per heavy atom. The van der Waals surface area contributed by atoms with Crippen LogP contribution in [-0.2, 0) is 20.7 Å². The van der Waals surface area contributed by atoms with Crippen molar-refractivity contribution in [2.45, 2.75) is 116 Å². The molecule has 1 aliphatic carbocycles. The quantitative estimate of drug-likeness (QED) is 0.169. The van der Waals surface area contributed by atoms with Gasteiger partial charge in [-0.25, -0.2) is 4.79 Å². The summed E-state index contributed by atoms with van der Waals surface area (Å²) in [4.78, 5) is 41.8. The Kier molecular flexibility index (Phi) is 16.7. The van der Waals surface area contributed by atoms with E-state index in [1.165, 1.54) is 11.3 Å². The lowest BCUT2D eigenvalue weighted by molar-refractivity contribution is -0.135. The Labute approximate surface area is 264 Å². The van der Waals surface area contributed by atoms with E-state index in [4.69, 9.17) is 4.74 Å². The summed E-state index contributed by atoms with van der Waals surface area (Å²) in [6.45, 7) is 8.86. The van der Waals surface area contributed by atoms with Crippen LogP contribution in [-0.4, -0.2) is 90.6 Å². The molecule has 5 atom stereocenters. The number of rotatable bonds is 18. The number of ether oxygens (including phenoxy) is 1. The molecule has 1 aromatic carbocycles. The lowest BCUT2D eigenvalue weighted by Crippen LogP contribution is -2.57. The molecule has 0 saturated heterocycles. The van der Waals surface area contributed by atoms with Crippen LogP contribution in [0.1, 0.15) is 84.6 Å². The van der Waals surface area contributed by atoms with Crippen molar-refractivity contribution in [1.29, 1.82) is 0 Å². The molecule has 0 unspecified atom stereocenters. The summed E-state index contributed by atoms with van der Waals surface area (Å²) < 4.78 is 5.69. The van der Waals surface area contributed by atoms with E-state index in [1.807, 2.05) is 58.0 Å². The Hall–Kier alpha value is -2.69. The highest BCUT2D eigenvalue weighted by Crippen LogP contribution is 2.29. The molecule has 10 heteroatoms. The van der Waals surface area contributed by atoms with Crippen LogP contribution in [0.4, 0.5) is 4.79 Å². The van der Waals surface area contributed by atoms with E-state index >= 15 is 0 Å². The van der Waals surface area contributed by atoms with Gasteiger partial charge in [0.1, 0.15) is 12.1 Å². The normalized spacial score (nSPS) is 17.4. The molecule has 0 spiro atoms. The third-order valence-corrected chi connectivity index (χ3v) is 8.31. The van der Waals surface area contributed by atoms with Gasteiger partial charge in [0.05, 0.1) is 12.1 Å². The molecule has 3 amide bonds. The van der Waals surface area contributed by atoms with E-state index in [9.17, 15) is 24.6 Å². The molecule has 0 bridgehead atoms. The van der Waals surface area contributed by atoms with Gasteiger partial charge < -0.3 is 35.8 Å². The highest BCUT2D eigenvalue weighted by molar-refractivity contribution is 5.90. The van der Waals surface area contributed by atoms with Crippen LogP contribution in [0.25, 0.3) is 0 Å². The molecule has 0 heterocycles. The standard InChI is InChI=1S/C34H58N4O6/c1-23(2)19-28(32(41)36-27(21-25-13-9-7-10-14-25)31(40)29(39)20-24(3)4)37-33(42)30(22-26-15-11-8-12-16-26)44-34(43)38(6)18-17-35-5/h8,11-12,15-16,23-25,27-31,35,39-40H,7,9-10,13-14,17-22H2,1-6H3,(H,36,41)(H,37,42)/t27-,28-,29-,30-,31+/m0/s1. The van der Waals surface area contributed by atoms with Gasteiger partial charge in [0.25, 0.3) is 5.91 Å². The maximum Gasteiger partial charge on any atom is 0.410 e. The van der Waals surface area contributed by atoms with E-state index in [1.54, 1.807) is 14.1 Å². The number of benzene rings is 1. The van der Waals surface area contributed by atoms with Crippen LogP contribution < -0.4 is 16.0 Å². The van der Waals surface area contributed by atoms with Gasteiger partial charge in [-0.1, -0.05) is 90.1 Å². The minimum atomic E-state index is -1.15. The first-order valence-electron chi connectivity index (χ1n) is 16.5. The average molecular weight is 619 g/mol. The summed E-state index contributed by atoms with van der Waals surface area (Å²) in [5, 5.41) is 30.9. The second kappa shape index (κ2) is 19.6. The van der Waals surface area contributed by atoms with Crippen molar-refractivity contribution in [2.75, 3.05) is 27.2 Å². The maximum atomic E-state index is 13.8. The number of nitrogens with zero attached hydrogens (tertiary/aromatic N) is 1. The molecule has 44 heavy (non-hydrogen) atoms. The number of amides is 3. The topological polar surface area (TPSA) is 140 Å². The van der Waals surface area contributed by atoms with Crippen molar-refractivity contribution in [3.05, 3.63) is 35.9 Å².